The van der Waals surface area contributed by atoms with Crippen LogP contribution in [0.2, 0.25) is 0 Å². The summed E-state index contributed by atoms with van der Waals surface area (Å²) in [6.07, 6.45) is 0. The fourth-order valence-electron chi connectivity index (χ4n) is 8.86. The molecule has 56 heavy (non-hydrogen) atoms. The standard InChI is InChI=1S/C51H37O3PS/c1-53-39-26-22-36(23-27-39)51(37-24-28-40(54-2)29-25-37,47-30-31-48(56-47)55(52,41-15-5-3-6-16-41)42-17-7-4-8-18-42)38-32-35-14-11-20-44-43-19-9-12-34-13-10-21-45(49(34)43)46(33-38)50(35)44/h3-33H,1-2H3. The van der Waals surface area contributed by atoms with Gasteiger partial charge in [-0.3, -0.25) is 0 Å². The van der Waals surface area contributed by atoms with Crippen molar-refractivity contribution < 1.29 is 14.0 Å². The van der Waals surface area contributed by atoms with E-state index in [1.54, 1.807) is 25.6 Å². The number of thiophene rings is 1. The highest BCUT2D eigenvalue weighted by atomic mass is 32.1. The third kappa shape index (κ3) is 5.14. The molecule has 0 spiro atoms. The Labute approximate surface area is 330 Å². The maximum atomic E-state index is 15.9. The van der Waals surface area contributed by atoms with Crippen LogP contribution in [0.25, 0.3) is 43.1 Å². The highest BCUT2D eigenvalue weighted by Crippen LogP contribution is 2.53. The average Bonchev–Trinajstić information content (AvgIpc) is 3.77. The molecule has 0 fully saturated rings. The van der Waals surface area contributed by atoms with Gasteiger partial charge in [-0.05, 0) is 108 Å². The summed E-state index contributed by atoms with van der Waals surface area (Å²) < 4.78 is 28.1. The van der Waals surface area contributed by atoms with E-state index in [4.69, 9.17) is 9.47 Å². The topological polar surface area (TPSA) is 35.5 Å². The number of benzene rings is 9. The zero-order valence-electron chi connectivity index (χ0n) is 31.0. The summed E-state index contributed by atoms with van der Waals surface area (Å²) in [5.41, 5.74) is 2.43. The van der Waals surface area contributed by atoms with E-state index in [9.17, 15) is 0 Å². The second-order valence-corrected chi connectivity index (χ2v) is 18.4. The zero-order chi connectivity index (χ0) is 37.9. The number of hydrogen-bond donors (Lipinski definition) is 0. The lowest BCUT2D eigenvalue weighted by molar-refractivity contribution is 0.414. The lowest BCUT2D eigenvalue weighted by Gasteiger charge is -2.36. The Balaban J connectivity index is 1.34. The molecular formula is C51H37O3PS. The van der Waals surface area contributed by atoms with Gasteiger partial charge in [0.1, 0.15) is 11.5 Å². The molecule has 9 aromatic carbocycles. The van der Waals surface area contributed by atoms with Gasteiger partial charge in [0, 0.05) is 15.5 Å². The first-order chi connectivity index (χ1) is 27.5. The SMILES string of the molecule is COc1ccc(C(c2ccc(OC)cc2)(c2cc3cccc4c5cccc6cccc(c(c2)c34)c65)c2ccc(P(=O)(c3ccccc3)c3ccccc3)s2)cc1. The number of ether oxygens (including phenoxy) is 2. The first-order valence-corrected chi connectivity index (χ1v) is 21.3. The van der Waals surface area contributed by atoms with Gasteiger partial charge in [0.15, 0.2) is 7.14 Å². The third-order valence-electron chi connectivity index (χ3n) is 11.5. The maximum absolute atomic E-state index is 15.9. The summed E-state index contributed by atoms with van der Waals surface area (Å²) in [5.74, 6) is 1.56. The molecule has 0 bridgehead atoms. The van der Waals surface area contributed by atoms with Crippen molar-refractivity contribution in [3.05, 3.63) is 210 Å². The number of fused-ring (bicyclic) bond motifs is 2. The predicted molar refractivity (Wildman–Crippen MR) is 236 cm³/mol. The fourth-order valence-corrected chi connectivity index (χ4v) is 13.6. The van der Waals surface area contributed by atoms with Crippen LogP contribution in [0.1, 0.15) is 21.6 Å². The van der Waals surface area contributed by atoms with Crippen LogP contribution in [0.5, 0.6) is 11.5 Å². The van der Waals surface area contributed by atoms with Crippen molar-refractivity contribution in [2.45, 2.75) is 5.41 Å². The lowest BCUT2D eigenvalue weighted by Crippen LogP contribution is -2.30. The zero-order valence-corrected chi connectivity index (χ0v) is 32.7. The molecule has 10 rings (SSSR count). The van der Waals surface area contributed by atoms with Gasteiger partial charge in [-0.15, -0.1) is 11.3 Å². The van der Waals surface area contributed by atoms with Crippen LogP contribution in [0.15, 0.2) is 188 Å². The Hall–Kier alpha value is -6.19. The van der Waals surface area contributed by atoms with Crippen molar-refractivity contribution >= 4 is 76.8 Å². The fraction of sp³-hybridized carbons (Fsp3) is 0.0588. The van der Waals surface area contributed by atoms with E-state index in [1.165, 1.54) is 43.1 Å². The van der Waals surface area contributed by atoms with Gasteiger partial charge in [-0.25, -0.2) is 0 Å². The molecule has 0 unspecified atom stereocenters. The second-order valence-electron chi connectivity index (χ2n) is 14.3. The lowest BCUT2D eigenvalue weighted by atomic mass is 9.67. The van der Waals surface area contributed by atoms with E-state index in [0.717, 1.165) is 48.3 Å². The summed E-state index contributed by atoms with van der Waals surface area (Å²) in [5, 5.41) is 11.5. The Kier molecular flexibility index (Phi) is 8.29. The van der Waals surface area contributed by atoms with E-state index in [1.807, 2.05) is 84.9 Å². The third-order valence-corrected chi connectivity index (χ3v) is 16.3. The Bertz CT molecular complexity index is 2970. The van der Waals surface area contributed by atoms with Crippen molar-refractivity contribution in [3.63, 3.8) is 0 Å². The van der Waals surface area contributed by atoms with Crippen LogP contribution in [0, 0.1) is 0 Å². The van der Waals surface area contributed by atoms with Crippen LogP contribution in [0.4, 0.5) is 0 Å². The minimum absolute atomic E-state index is 0.781. The second kappa shape index (κ2) is 13.5. The van der Waals surface area contributed by atoms with Crippen LogP contribution in [0.3, 0.4) is 0 Å². The van der Waals surface area contributed by atoms with Crippen LogP contribution in [-0.2, 0) is 9.98 Å². The van der Waals surface area contributed by atoms with Gasteiger partial charge in [0.25, 0.3) is 0 Å². The highest BCUT2D eigenvalue weighted by molar-refractivity contribution is 7.89. The molecule has 270 valence electrons. The van der Waals surface area contributed by atoms with Crippen LogP contribution < -0.4 is 24.7 Å². The van der Waals surface area contributed by atoms with E-state index in [-0.39, 0.29) is 0 Å². The van der Waals surface area contributed by atoms with Gasteiger partial charge in [-0.2, -0.15) is 0 Å². The molecule has 0 amide bonds. The van der Waals surface area contributed by atoms with E-state index < -0.39 is 12.6 Å². The van der Waals surface area contributed by atoms with Crippen LogP contribution >= 0.6 is 18.5 Å². The molecule has 0 aliphatic rings. The monoisotopic (exact) mass is 760 g/mol. The predicted octanol–water partition coefficient (Wildman–Crippen LogP) is 11.8. The smallest absolute Gasteiger partial charge is 0.180 e. The van der Waals surface area contributed by atoms with Gasteiger partial charge >= 0.3 is 0 Å². The largest absolute Gasteiger partial charge is 0.497 e. The first kappa shape index (κ1) is 34.3. The summed E-state index contributed by atoms with van der Waals surface area (Å²) in [4.78, 5) is 1.06. The van der Waals surface area contributed by atoms with Gasteiger partial charge < -0.3 is 14.0 Å². The molecule has 0 aliphatic heterocycles. The molecule has 1 heterocycles. The molecule has 10 aromatic rings. The number of methoxy groups -OCH3 is 2. The quantitative estimate of drug-likeness (QED) is 0.0636. The normalized spacial score (nSPS) is 12.2. The maximum Gasteiger partial charge on any atom is 0.180 e. The molecule has 5 heteroatoms. The minimum Gasteiger partial charge on any atom is -0.497 e. The van der Waals surface area contributed by atoms with Crippen molar-refractivity contribution in [1.29, 1.82) is 0 Å². The van der Waals surface area contributed by atoms with E-state index >= 15 is 4.57 Å². The molecule has 0 aliphatic carbocycles. The average molecular weight is 761 g/mol. The molecule has 0 saturated heterocycles. The van der Waals surface area contributed by atoms with Crippen molar-refractivity contribution in [1.82, 2.24) is 0 Å². The molecule has 1 aromatic heterocycles. The Morgan fingerprint density at radius 3 is 1.45 bits per heavy atom. The van der Waals surface area contributed by atoms with Gasteiger partial charge in [0.05, 0.1) is 24.3 Å². The van der Waals surface area contributed by atoms with Gasteiger partial charge in [-0.1, -0.05) is 140 Å². The molecule has 3 nitrogen and oxygen atoms in total. The number of rotatable bonds is 9. The Morgan fingerprint density at radius 2 is 0.929 bits per heavy atom. The van der Waals surface area contributed by atoms with Crippen molar-refractivity contribution in [2.24, 2.45) is 0 Å². The molecule has 0 N–H and O–H groups in total. The summed E-state index contributed by atoms with van der Waals surface area (Å²) in [6, 6.07) is 65.8. The first-order valence-electron chi connectivity index (χ1n) is 18.7. The molecule has 0 saturated carbocycles. The summed E-state index contributed by atoms with van der Waals surface area (Å²) >= 11 is 1.63. The van der Waals surface area contributed by atoms with Crippen molar-refractivity contribution in [2.75, 3.05) is 14.2 Å². The molecule has 0 atom stereocenters. The van der Waals surface area contributed by atoms with E-state index in [2.05, 4.69) is 103 Å². The Morgan fingerprint density at radius 1 is 0.446 bits per heavy atom. The van der Waals surface area contributed by atoms with Crippen molar-refractivity contribution in [3.8, 4) is 11.5 Å². The highest BCUT2D eigenvalue weighted by Gasteiger charge is 2.42. The van der Waals surface area contributed by atoms with Crippen LogP contribution in [-0.4, -0.2) is 14.2 Å². The summed E-state index contributed by atoms with van der Waals surface area (Å²) in [7, 11) is 0.136. The summed E-state index contributed by atoms with van der Waals surface area (Å²) in [6.45, 7) is 0. The van der Waals surface area contributed by atoms with Gasteiger partial charge in [0.2, 0.25) is 0 Å². The minimum atomic E-state index is -3.26. The molecule has 0 radical (unpaired) electrons. The molecular weight excluding hydrogens is 724 g/mol. The van der Waals surface area contributed by atoms with E-state index in [0.29, 0.717) is 0 Å². The number of hydrogen-bond acceptors (Lipinski definition) is 4.